The fourth-order valence-electron chi connectivity index (χ4n) is 3.55. The first-order chi connectivity index (χ1) is 10.2. The Morgan fingerprint density at radius 1 is 1.10 bits per heavy atom. The van der Waals surface area contributed by atoms with Gasteiger partial charge in [-0.05, 0) is 43.4 Å². The lowest BCUT2D eigenvalue weighted by atomic mass is 9.81. The fourth-order valence-corrected chi connectivity index (χ4v) is 3.55. The topological polar surface area (TPSA) is 57.6 Å². The number of carbonyl (C=O) groups is 2. The fraction of sp³-hybridized carbons (Fsp3) is 0.529. The molecule has 112 valence electrons. The van der Waals surface area contributed by atoms with Crippen LogP contribution in [-0.2, 0) is 16.0 Å². The molecule has 2 amide bonds. The second-order valence-corrected chi connectivity index (χ2v) is 6.01. The van der Waals surface area contributed by atoms with E-state index >= 15 is 0 Å². The Labute approximate surface area is 124 Å². The van der Waals surface area contributed by atoms with Gasteiger partial charge in [-0.2, -0.15) is 0 Å². The lowest BCUT2D eigenvalue weighted by Crippen LogP contribution is -2.30. The van der Waals surface area contributed by atoms with Crippen LogP contribution in [0, 0.1) is 11.8 Å². The second kappa shape index (κ2) is 5.98. The van der Waals surface area contributed by atoms with Crippen molar-refractivity contribution in [2.45, 2.75) is 38.5 Å². The maximum atomic E-state index is 12.5. The minimum atomic E-state index is -0.104. The SMILES string of the molecule is O=C1C2CCCCC2C(=O)N1c1cccc(CCCO)c1. The van der Waals surface area contributed by atoms with Crippen LogP contribution in [-0.4, -0.2) is 23.5 Å². The lowest BCUT2D eigenvalue weighted by Gasteiger charge is -2.19. The summed E-state index contributed by atoms with van der Waals surface area (Å²) in [5.74, 6) is -0.257. The van der Waals surface area contributed by atoms with Gasteiger partial charge in [0, 0.05) is 6.61 Å². The van der Waals surface area contributed by atoms with Gasteiger partial charge in [-0.15, -0.1) is 0 Å². The number of anilines is 1. The molecule has 1 saturated heterocycles. The third-order valence-corrected chi connectivity index (χ3v) is 4.63. The summed E-state index contributed by atoms with van der Waals surface area (Å²) in [4.78, 5) is 26.5. The lowest BCUT2D eigenvalue weighted by molar-refractivity contribution is -0.122. The molecule has 0 aromatic heterocycles. The average Bonchev–Trinajstić information content (AvgIpc) is 2.78. The van der Waals surface area contributed by atoms with E-state index in [0.29, 0.717) is 12.1 Å². The first-order valence-electron chi connectivity index (χ1n) is 7.80. The number of hydrogen-bond acceptors (Lipinski definition) is 3. The van der Waals surface area contributed by atoms with Crippen LogP contribution in [0.4, 0.5) is 5.69 Å². The van der Waals surface area contributed by atoms with E-state index in [1.54, 1.807) is 0 Å². The highest BCUT2D eigenvalue weighted by atomic mass is 16.3. The van der Waals surface area contributed by atoms with Gasteiger partial charge in [0.2, 0.25) is 11.8 Å². The third-order valence-electron chi connectivity index (χ3n) is 4.63. The minimum absolute atomic E-state index is 0.0241. The van der Waals surface area contributed by atoms with Crippen molar-refractivity contribution < 1.29 is 14.7 Å². The molecule has 0 radical (unpaired) electrons. The molecule has 1 aliphatic carbocycles. The van der Waals surface area contributed by atoms with E-state index in [2.05, 4.69) is 0 Å². The van der Waals surface area contributed by atoms with E-state index in [0.717, 1.165) is 37.7 Å². The Kier molecular flexibility index (Phi) is 4.06. The Morgan fingerprint density at radius 3 is 2.38 bits per heavy atom. The molecule has 21 heavy (non-hydrogen) atoms. The number of aliphatic hydroxyl groups is 1. The number of hydrogen-bond donors (Lipinski definition) is 1. The van der Waals surface area contributed by atoms with E-state index < -0.39 is 0 Å². The first-order valence-corrected chi connectivity index (χ1v) is 7.80. The molecule has 1 N–H and O–H groups in total. The molecule has 2 atom stereocenters. The molecule has 4 heteroatoms. The van der Waals surface area contributed by atoms with Gasteiger partial charge in [0.1, 0.15) is 0 Å². The van der Waals surface area contributed by atoms with Gasteiger partial charge in [0.05, 0.1) is 17.5 Å². The largest absolute Gasteiger partial charge is 0.396 e. The van der Waals surface area contributed by atoms with E-state index in [1.807, 2.05) is 24.3 Å². The number of fused-ring (bicyclic) bond motifs is 1. The van der Waals surface area contributed by atoms with E-state index in [-0.39, 0.29) is 30.3 Å². The summed E-state index contributed by atoms with van der Waals surface area (Å²) < 4.78 is 0. The smallest absolute Gasteiger partial charge is 0.237 e. The van der Waals surface area contributed by atoms with Crippen molar-refractivity contribution in [3.63, 3.8) is 0 Å². The van der Waals surface area contributed by atoms with Crippen LogP contribution in [0.2, 0.25) is 0 Å². The number of nitrogens with zero attached hydrogens (tertiary/aromatic N) is 1. The summed E-state index contributed by atoms with van der Waals surface area (Å²) >= 11 is 0. The molecule has 2 fully saturated rings. The van der Waals surface area contributed by atoms with Gasteiger partial charge in [-0.3, -0.25) is 14.5 Å². The van der Waals surface area contributed by atoms with Gasteiger partial charge in [0.15, 0.2) is 0 Å². The first kappa shape index (κ1) is 14.3. The molecule has 2 aliphatic rings. The molecular formula is C17H21NO3. The number of carbonyl (C=O) groups excluding carboxylic acids is 2. The van der Waals surface area contributed by atoms with Crippen LogP contribution in [0.25, 0.3) is 0 Å². The predicted octanol–water partition coefficient (Wildman–Crippen LogP) is 2.29. The van der Waals surface area contributed by atoms with Crippen molar-refractivity contribution in [2.75, 3.05) is 11.5 Å². The minimum Gasteiger partial charge on any atom is -0.396 e. The second-order valence-electron chi connectivity index (χ2n) is 6.01. The van der Waals surface area contributed by atoms with Crippen molar-refractivity contribution in [2.24, 2.45) is 11.8 Å². The molecule has 4 nitrogen and oxygen atoms in total. The van der Waals surface area contributed by atoms with Crippen LogP contribution in [0.15, 0.2) is 24.3 Å². The number of rotatable bonds is 4. The number of aryl methyl sites for hydroxylation is 1. The number of imide groups is 1. The third kappa shape index (κ3) is 2.60. The van der Waals surface area contributed by atoms with Crippen LogP contribution in [0.5, 0.6) is 0 Å². The van der Waals surface area contributed by atoms with Crippen LogP contribution < -0.4 is 4.90 Å². The Balaban J connectivity index is 1.86. The van der Waals surface area contributed by atoms with Crippen LogP contribution in [0.3, 0.4) is 0 Å². The van der Waals surface area contributed by atoms with Crippen LogP contribution in [0.1, 0.15) is 37.7 Å². The summed E-state index contributed by atoms with van der Waals surface area (Å²) in [6, 6.07) is 7.58. The Morgan fingerprint density at radius 2 is 1.76 bits per heavy atom. The zero-order valence-electron chi connectivity index (χ0n) is 12.1. The van der Waals surface area contributed by atoms with Crippen molar-refractivity contribution >= 4 is 17.5 Å². The van der Waals surface area contributed by atoms with Crippen molar-refractivity contribution in [1.29, 1.82) is 0 Å². The zero-order chi connectivity index (χ0) is 14.8. The summed E-state index contributed by atoms with van der Waals surface area (Å²) in [6.45, 7) is 0.149. The maximum Gasteiger partial charge on any atom is 0.237 e. The maximum absolute atomic E-state index is 12.5. The standard InChI is InChI=1S/C17H21NO3/c19-10-4-6-12-5-3-7-13(11-12)18-16(20)14-8-1-2-9-15(14)17(18)21/h3,5,7,11,14-15,19H,1-2,4,6,8-10H2. The summed E-state index contributed by atoms with van der Waals surface area (Å²) in [6.07, 6.45) is 5.23. The average molecular weight is 287 g/mol. The molecule has 2 unspecified atom stereocenters. The van der Waals surface area contributed by atoms with E-state index in [9.17, 15) is 9.59 Å². The molecule has 1 aliphatic heterocycles. The van der Waals surface area contributed by atoms with Gasteiger partial charge < -0.3 is 5.11 Å². The highest BCUT2D eigenvalue weighted by Crippen LogP contribution is 2.40. The number of aliphatic hydroxyl groups excluding tert-OH is 1. The van der Waals surface area contributed by atoms with Gasteiger partial charge >= 0.3 is 0 Å². The molecule has 3 rings (SSSR count). The van der Waals surface area contributed by atoms with Gasteiger partial charge in [-0.25, -0.2) is 0 Å². The molecule has 0 bridgehead atoms. The van der Waals surface area contributed by atoms with Crippen molar-refractivity contribution in [3.8, 4) is 0 Å². The van der Waals surface area contributed by atoms with Crippen LogP contribution >= 0.6 is 0 Å². The van der Waals surface area contributed by atoms with E-state index in [4.69, 9.17) is 5.11 Å². The molecule has 1 aromatic rings. The highest BCUT2D eigenvalue weighted by molar-refractivity contribution is 6.22. The number of amides is 2. The van der Waals surface area contributed by atoms with Gasteiger partial charge in [-0.1, -0.05) is 25.0 Å². The van der Waals surface area contributed by atoms with Gasteiger partial charge in [0.25, 0.3) is 0 Å². The monoisotopic (exact) mass is 287 g/mol. The normalized spacial score (nSPS) is 25.3. The molecule has 1 saturated carbocycles. The predicted molar refractivity (Wildman–Crippen MR) is 79.8 cm³/mol. The highest BCUT2D eigenvalue weighted by Gasteiger charge is 2.48. The molecule has 1 heterocycles. The van der Waals surface area contributed by atoms with Crippen molar-refractivity contribution in [1.82, 2.24) is 0 Å². The zero-order valence-corrected chi connectivity index (χ0v) is 12.1. The molecule has 0 spiro atoms. The summed E-state index contributed by atoms with van der Waals surface area (Å²) in [7, 11) is 0. The number of benzene rings is 1. The summed E-state index contributed by atoms with van der Waals surface area (Å²) in [5, 5.41) is 8.91. The quantitative estimate of drug-likeness (QED) is 0.864. The molecule has 1 aromatic carbocycles. The summed E-state index contributed by atoms with van der Waals surface area (Å²) in [5.41, 5.74) is 1.74. The molecular weight excluding hydrogens is 266 g/mol. The van der Waals surface area contributed by atoms with Crippen molar-refractivity contribution in [3.05, 3.63) is 29.8 Å². The Bertz CT molecular complexity index is 531. The Hall–Kier alpha value is -1.68. The van der Waals surface area contributed by atoms with E-state index in [1.165, 1.54) is 4.90 Å².